The van der Waals surface area contributed by atoms with Crippen LogP contribution in [0.4, 0.5) is 5.82 Å². The number of carbonyl (C=O) groups excluding carboxylic acids is 1. The third-order valence-corrected chi connectivity index (χ3v) is 5.58. The summed E-state index contributed by atoms with van der Waals surface area (Å²) in [6.07, 6.45) is 4.27. The van der Waals surface area contributed by atoms with Crippen molar-refractivity contribution in [3.8, 4) is 11.4 Å². The molecule has 7 heteroatoms. The fraction of sp³-hybridized carbons (Fsp3) is 0.217. The average Bonchev–Trinajstić information content (AvgIpc) is 3.13. The summed E-state index contributed by atoms with van der Waals surface area (Å²) in [7, 11) is 0. The Morgan fingerprint density at radius 1 is 1.13 bits per heavy atom. The van der Waals surface area contributed by atoms with Gasteiger partial charge in [-0.3, -0.25) is 4.79 Å². The zero-order valence-corrected chi connectivity index (χ0v) is 16.9. The lowest BCUT2D eigenvalue weighted by Gasteiger charge is -2.11. The second-order valence-corrected chi connectivity index (χ2v) is 7.82. The van der Waals surface area contributed by atoms with Crippen molar-refractivity contribution in [2.45, 2.75) is 26.2 Å². The number of hydrogen-bond acceptors (Lipinski definition) is 4. The highest BCUT2D eigenvalue weighted by molar-refractivity contribution is 6.04. The predicted octanol–water partition coefficient (Wildman–Crippen LogP) is 4.14. The number of aryl methyl sites for hydroxylation is 1. The number of carbonyl (C=O) groups is 1. The molecular formula is C23H22N6O. The van der Waals surface area contributed by atoms with Crippen molar-refractivity contribution in [3.63, 3.8) is 0 Å². The molecule has 150 valence electrons. The van der Waals surface area contributed by atoms with Crippen LogP contribution in [0.1, 0.15) is 40.9 Å². The molecule has 2 atom stereocenters. The third-order valence-electron chi connectivity index (χ3n) is 5.58. The van der Waals surface area contributed by atoms with Gasteiger partial charge in [-0.2, -0.15) is 10.2 Å². The Labute approximate surface area is 174 Å². The van der Waals surface area contributed by atoms with Gasteiger partial charge in [-0.15, -0.1) is 0 Å². The zero-order valence-electron chi connectivity index (χ0n) is 16.9. The first kappa shape index (κ1) is 18.3. The highest BCUT2D eigenvalue weighted by atomic mass is 16.1. The van der Waals surface area contributed by atoms with Crippen molar-refractivity contribution in [3.05, 3.63) is 84.1 Å². The smallest absolute Gasteiger partial charge is 0.256 e. The third kappa shape index (κ3) is 3.39. The van der Waals surface area contributed by atoms with Gasteiger partial charge in [-0.1, -0.05) is 25.1 Å². The minimum absolute atomic E-state index is 0.171. The van der Waals surface area contributed by atoms with Gasteiger partial charge in [-0.25, -0.2) is 14.3 Å². The molecule has 5 rings (SSSR count). The molecule has 2 heterocycles. The van der Waals surface area contributed by atoms with Gasteiger partial charge in [0.1, 0.15) is 18.5 Å². The van der Waals surface area contributed by atoms with Crippen LogP contribution in [0.25, 0.3) is 11.4 Å². The van der Waals surface area contributed by atoms with Gasteiger partial charge < -0.3 is 5.32 Å². The van der Waals surface area contributed by atoms with Crippen LogP contribution < -0.4 is 5.32 Å². The van der Waals surface area contributed by atoms with E-state index in [1.165, 1.54) is 6.33 Å². The maximum absolute atomic E-state index is 13.0. The maximum atomic E-state index is 13.0. The zero-order chi connectivity index (χ0) is 20.7. The Morgan fingerprint density at radius 2 is 1.93 bits per heavy atom. The van der Waals surface area contributed by atoms with Crippen LogP contribution in [-0.2, 0) is 0 Å². The van der Waals surface area contributed by atoms with Crippen LogP contribution in [0.15, 0.2) is 67.3 Å². The van der Waals surface area contributed by atoms with Crippen molar-refractivity contribution in [1.29, 1.82) is 0 Å². The number of rotatable bonds is 5. The van der Waals surface area contributed by atoms with Crippen molar-refractivity contribution in [2.75, 3.05) is 5.32 Å². The van der Waals surface area contributed by atoms with Crippen molar-refractivity contribution in [1.82, 2.24) is 24.5 Å². The second-order valence-electron chi connectivity index (χ2n) is 7.82. The lowest BCUT2D eigenvalue weighted by atomic mass is 10.1. The van der Waals surface area contributed by atoms with E-state index in [4.69, 9.17) is 5.10 Å². The Morgan fingerprint density at radius 3 is 2.60 bits per heavy atom. The lowest BCUT2D eigenvalue weighted by Crippen LogP contribution is -2.15. The SMILES string of the molecule is Cc1cc(C(=O)Nc2cc(C3CC3C)nn2-c2ccccc2)ccc1-n1cncn1. The Hall–Kier alpha value is -3.74. The van der Waals surface area contributed by atoms with E-state index in [1.807, 2.05) is 60.1 Å². The first-order valence-electron chi connectivity index (χ1n) is 10.0. The number of nitrogens with one attached hydrogen (secondary N) is 1. The molecule has 0 aliphatic heterocycles. The first-order valence-corrected chi connectivity index (χ1v) is 10.0. The van der Waals surface area contributed by atoms with Crippen molar-refractivity contribution >= 4 is 11.7 Å². The summed E-state index contributed by atoms with van der Waals surface area (Å²) in [5, 5.41) is 12.0. The number of anilines is 1. The fourth-order valence-corrected chi connectivity index (χ4v) is 3.74. The minimum atomic E-state index is -0.171. The molecule has 7 nitrogen and oxygen atoms in total. The minimum Gasteiger partial charge on any atom is -0.306 e. The molecule has 4 aromatic rings. The lowest BCUT2D eigenvalue weighted by molar-refractivity contribution is 0.102. The summed E-state index contributed by atoms with van der Waals surface area (Å²) >= 11 is 0. The molecule has 30 heavy (non-hydrogen) atoms. The summed E-state index contributed by atoms with van der Waals surface area (Å²) in [5.74, 6) is 1.61. The van der Waals surface area contributed by atoms with Gasteiger partial charge in [0.25, 0.3) is 5.91 Å². The van der Waals surface area contributed by atoms with Gasteiger partial charge >= 0.3 is 0 Å². The maximum Gasteiger partial charge on any atom is 0.256 e. The van der Waals surface area contributed by atoms with E-state index in [1.54, 1.807) is 17.1 Å². The standard InChI is InChI=1S/C23H22N6O/c1-15-11-19(15)20-12-22(29(27-20)18-6-4-3-5-7-18)26-23(30)17-8-9-21(16(2)10-17)28-14-24-13-25-28/h3-10,12-15,19H,11H2,1-2H3,(H,26,30). The van der Waals surface area contributed by atoms with E-state index >= 15 is 0 Å². The highest BCUT2D eigenvalue weighted by Crippen LogP contribution is 2.47. The highest BCUT2D eigenvalue weighted by Gasteiger charge is 2.36. The number of hydrogen-bond donors (Lipinski definition) is 1. The second kappa shape index (κ2) is 7.26. The summed E-state index contributed by atoms with van der Waals surface area (Å²) in [6, 6.07) is 17.4. The van der Waals surface area contributed by atoms with Crippen LogP contribution in [-0.4, -0.2) is 30.5 Å². The van der Waals surface area contributed by atoms with E-state index in [2.05, 4.69) is 22.3 Å². The molecule has 1 aliphatic rings. The van der Waals surface area contributed by atoms with E-state index in [0.717, 1.165) is 29.1 Å². The summed E-state index contributed by atoms with van der Waals surface area (Å²) in [4.78, 5) is 17.0. The molecule has 2 aromatic carbocycles. The van der Waals surface area contributed by atoms with Gasteiger partial charge in [0.05, 0.1) is 17.1 Å². The number of nitrogens with zero attached hydrogens (tertiary/aromatic N) is 5. The fourth-order valence-electron chi connectivity index (χ4n) is 3.74. The molecule has 1 amide bonds. The van der Waals surface area contributed by atoms with Crippen molar-refractivity contribution in [2.24, 2.45) is 5.92 Å². The Kier molecular flexibility index (Phi) is 4.43. The van der Waals surface area contributed by atoms with Crippen LogP contribution in [0.2, 0.25) is 0 Å². The molecule has 1 N–H and O–H groups in total. The van der Waals surface area contributed by atoms with E-state index in [0.29, 0.717) is 23.2 Å². The van der Waals surface area contributed by atoms with Crippen LogP contribution in [0.5, 0.6) is 0 Å². The number of benzene rings is 2. The summed E-state index contributed by atoms with van der Waals surface area (Å²) in [6.45, 7) is 4.18. The normalized spacial score (nSPS) is 17.7. The van der Waals surface area contributed by atoms with Gasteiger partial charge in [0.15, 0.2) is 0 Å². The van der Waals surface area contributed by atoms with Crippen LogP contribution in [0, 0.1) is 12.8 Å². The van der Waals surface area contributed by atoms with E-state index in [-0.39, 0.29) is 5.91 Å². The predicted molar refractivity (Wildman–Crippen MR) is 114 cm³/mol. The molecule has 2 aromatic heterocycles. The monoisotopic (exact) mass is 398 g/mol. The molecule has 1 saturated carbocycles. The van der Waals surface area contributed by atoms with E-state index < -0.39 is 0 Å². The molecule has 2 unspecified atom stereocenters. The molecule has 1 aliphatic carbocycles. The summed E-state index contributed by atoms with van der Waals surface area (Å²) in [5.41, 5.74) is 4.36. The Balaban J connectivity index is 1.44. The Bertz CT molecular complexity index is 1200. The van der Waals surface area contributed by atoms with Crippen molar-refractivity contribution < 1.29 is 4.79 Å². The molecular weight excluding hydrogens is 376 g/mol. The van der Waals surface area contributed by atoms with Gasteiger partial charge in [0, 0.05) is 17.5 Å². The van der Waals surface area contributed by atoms with Gasteiger partial charge in [-0.05, 0) is 55.2 Å². The van der Waals surface area contributed by atoms with Crippen LogP contribution in [0.3, 0.4) is 0 Å². The number of amides is 1. The topological polar surface area (TPSA) is 77.6 Å². The number of aromatic nitrogens is 5. The average molecular weight is 398 g/mol. The first-order chi connectivity index (χ1) is 14.6. The van der Waals surface area contributed by atoms with E-state index in [9.17, 15) is 4.79 Å². The molecule has 0 radical (unpaired) electrons. The molecule has 0 spiro atoms. The number of para-hydroxylation sites is 1. The largest absolute Gasteiger partial charge is 0.306 e. The molecule has 0 bridgehead atoms. The quantitative estimate of drug-likeness (QED) is 0.548. The molecule has 1 fully saturated rings. The van der Waals surface area contributed by atoms with Gasteiger partial charge in [0.2, 0.25) is 0 Å². The molecule has 0 saturated heterocycles. The summed E-state index contributed by atoms with van der Waals surface area (Å²) < 4.78 is 3.50. The van der Waals surface area contributed by atoms with Crippen LogP contribution >= 0.6 is 0 Å².